The van der Waals surface area contributed by atoms with Gasteiger partial charge in [0.15, 0.2) is 0 Å². The van der Waals surface area contributed by atoms with Crippen LogP contribution in [-0.4, -0.2) is 11.1 Å². The summed E-state index contributed by atoms with van der Waals surface area (Å²) in [5, 5.41) is 8.41. The molecule has 0 fully saturated rings. The largest absolute Gasteiger partial charge is 2.00 e. The second-order valence-electron chi connectivity index (χ2n) is 3.97. The van der Waals surface area contributed by atoms with Crippen LogP contribution in [0.25, 0.3) is 0 Å². The first-order valence-corrected chi connectivity index (χ1v) is 5.99. The van der Waals surface area contributed by atoms with Crippen LogP contribution in [0.5, 0.6) is 0 Å². The van der Waals surface area contributed by atoms with Gasteiger partial charge in [0.2, 0.25) is 0 Å². The quantitative estimate of drug-likeness (QED) is 0.206. The summed E-state index contributed by atoms with van der Waals surface area (Å²) < 4.78 is 0. The number of carboxylic acid groups (broad SMARTS) is 1. The van der Waals surface area contributed by atoms with Crippen molar-refractivity contribution in [1.82, 2.24) is 0 Å². The van der Waals surface area contributed by atoms with Crippen molar-refractivity contribution in [3.05, 3.63) is 0 Å². The van der Waals surface area contributed by atoms with E-state index >= 15 is 0 Å². The van der Waals surface area contributed by atoms with Crippen molar-refractivity contribution in [2.24, 2.45) is 0 Å². The Hall–Kier alpha value is 1.55. The molecule has 0 aliphatic heterocycles. The molecule has 0 aromatic heterocycles. The molecule has 0 unspecified atom stereocenters. The molecule has 0 rings (SSSR count). The van der Waals surface area contributed by atoms with Gasteiger partial charge in [0.25, 0.3) is 0 Å². The van der Waals surface area contributed by atoms with Crippen molar-refractivity contribution in [1.29, 1.82) is 0 Å². The third-order valence-electron chi connectivity index (χ3n) is 2.49. The zero-order valence-corrected chi connectivity index (χ0v) is 18.2. The average Bonchev–Trinajstić information content (AvgIpc) is 2.15. The second-order valence-corrected chi connectivity index (χ2v) is 3.97. The first-order chi connectivity index (χ1) is 6.77. The molecule has 0 amide bonds. The Kier molecular flexibility index (Phi) is 36.1. The number of aliphatic carboxylic acids is 1. The van der Waals surface area contributed by atoms with Gasteiger partial charge in [-0.1, -0.05) is 58.3 Å². The van der Waals surface area contributed by atoms with Crippen LogP contribution in [0, 0.1) is 0 Å². The zero-order valence-electron chi connectivity index (χ0n) is 10.9. The Morgan fingerprint density at radius 3 is 1.53 bits per heavy atom. The van der Waals surface area contributed by atoms with Gasteiger partial charge >= 0.3 is 25.4 Å². The van der Waals surface area contributed by atoms with Gasteiger partial charge in [-0.3, -0.25) is 4.79 Å². The molecule has 0 saturated heterocycles. The van der Waals surface area contributed by atoms with Crippen LogP contribution < -0.4 is 48.0 Å². The van der Waals surface area contributed by atoms with E-state index in [1.807, 2.05) is 0 Å². The average molecular weight is 520 g/mol. The number of unbranched alkanes of at least 4 members (excludes halogenated alkanes) is 8. The SMILES string of the molecule is CCCCCCCCCCCC(=O)O.[I-].[I-].[Zn+2]. The molecule has 0 aliphatic rings. The molecule has 0 aromatic rings. The fourth-order valence-corrected chi connectivity index (χ4v) is 1.59. The summed E-state index contributed by atoms with van der Waals surface area (Å²) in [5.74, 6) is -0.659. The van der Waals surface area contributed by atoms with Gasteiger partial charge in [0.1, 0.15) is 0 Å². The molecule has 0 radical (unpaired) electrons. The van der Waals surface area contributed by atoms with Gasteiger partial charge in [0.05, 0.1) is 0 Å². The summed E-state index contributed by atoms with van der Waals surface area (Å²) >= 11 is 0. The Labute approximate surface area is 153 Å². The van der Waals surface area contributed by atoms with Crippen molar-refractivity contribution in [3.63, 3.8) is 0 Å². The molecule has 0 saturated carbocycles. The molecular formula is C12H24I2O2Zn. The maximum atomic E-state index is 10.2. The molecular weight excluding hydrogens is 495 g/mol. The minimum Gasteiger partial charge on any atom is -1.00 e. The fraction of sp³-hybridized carbons (Fsp3) is 0.917. The molecule has 0 atom stereocenters. The molecule has 2 nitrogen and oxygen atoms in total. The number of hydrogen-bond donors (Lipinski definition) is 1. The molecule has 1 N–H and O–H groups in total. The van der Waals surface area contributed by atoms with Crippen molar-refractivity contribution in [3.8, 4) is 0 Å². The first kappa shape index (κ1) is 27.0. The predicted molar refractivity (Wildman–Crippen MR) is 59.5 cm³/mol. The zero-order chi connectivity index (χ0) is 10.6. The van der Waals surface area contributed by atoms with E-state index in [1.165, 1.54) is 44.9 Å². The smallest absolute Gasteiger partial charge is 1.00 e. The number of halogens is 2. The van der Waals surface area contributed by atoms with Gasteiger partial charge < -0.3 is 53.1 Å². The Bertz CT molecular complexity index is 146. The van der Waals surface area contributed by atoms with Gasteiger partial charge in [-0.05, 0) is 6.42 Å². The molecule has 0 aromatic carbocycles. The van der Waals surface area contributed by atoms with Crippen LogP contribution in [0.2, 0.25) is 0 Å². The topological polar surface area (TPSA) is 37.3 Å². The number of carboxylic acids is 1. The maximum absolute atomic E-state index is 10.2. The summed E-state index contributed by atoms with van der Waals surface area (Å²) in [6.07, 6.45) is 11.5. The van der Waals surface area contributed by atoms with E-state index in [9.17, 15) is 4.79 Å². The van der Waals surface area contributed by atoms with E-state index in [0.717, 1.165) is 12.8 Å². The maximum Gasteiger partial charge on any atom is 2.00 e. The van der Waals surface area contributed by atoms with Crippen molar-refractivity contribution >= 4 is 5.97 Å². The monoisotopic (exact) mass is 518 g/mol. The van der Waals surface area contributed by atoms with Gasteiger partial charge in [-0.25, -0.2) is 0 Å². The van der Waals surface area contributed by atoms with E-state index in [0.29, 0.717) is 6.42 Å². The fourth-order valence-electron chi connectivity index (χ4n) is 1.59. The summed E-state index contributed by atoms with van der Waals surface area (Å²) in [6, 6.07) is 0. The summed E-state index contributed by atoms with van der Waals surface area (Å²) in [5.41, 5.74) is 0. The second kappa shape index (κ2) is 22.7. The van der Waals surface area contributed by atoms with E-state index in [4.69, 9.17) is 5.11 Å². The van der Waals surface area contributed by atoms with E-state index < -0.39 is 5.97 Å². The number of hydrogen-bond acceptors (Lipinski definition) is 1. The van der Waals surface area contributed by atoms with Crippen molar-refractivity contribution in [2.45, 2.75) is 71.1 Å². The molecule has 100 valence electrons. The van der Waals surface area contributed by atoms with E-state index in [1.54, 1.807) is 0 Å². The Balaban J connectivity index is -0.000000282. The molecule has 5 heteroatoms. The van der Waals surface area contributed by atoms with Crippen LogP contribution in [0.1, 0.15) is 71.1 Å². The van der Waals surface area contributed by atoms with Crippen molar-refractivity contribution < 1.29 is 77.3 Å². The van der Waals surface area contributed by atoms with Crippen LogP contribution in [0.3, 0.4) is 0 Å². The standard InChI is InChI=1S/C12H24O2.2HI.Zn/c1-2-3-4-5-6-7-8-9-10-11-12(13)14;;;/h2-11H2,1H3,(H,13,14);2*1H;/q;;;+2/p-2. The van der Waals surface area contributed by atoms with Gasteiger partial charge in [-0.2, -0.15) is 0 Å². The molecule has 0 aliphatic carbocycles. The molecule has 17 heavy (non-hydrogen) atoms. The summed E-state index contributed by atoms with van der Waals surface area (Å²) in [7, 11) is 0. The minimum absolute atomic E-state index is 0. The van der Waals surface area contributed by atoms with E-state index in [2.05, 4.69) is 6.92 Å². The third kappa shape index (κ3) is 26.9. The molecule has 0 bridgehead atoms. The Morgan fingerprint density at radius 1 is 0.824 bits per heavy atom. The predicted octanol–water partition coefficient (Wildman–Crippen LogP) is -2.00. The normalized spacial score (nSPS) is 8.53. The summed E-state index contributed by atoms with van der Waals surface area (Å²) in [6.45, 7) is 2.23. The molecule has 0 heterocycles. The van der Waals surface area contributed by atoms with Crippen LogP contribution in [0.15, 0.2) is 0 Å². The minimum atomic E-state index is -0.659. The van der Waals surface area contributed by atoms with Crippen LogP contribution in [-0.2, 0) is 24.3 Å². The third-order valence-corrected chi connectivity index (χ3v) is 2.49. The summed E-state index contributed by atoms with van der Waals surface area (Å²) in [4.78, 5) is 10.2. The Morgan fingerprint density at radius 2 is 1.18 bits per heavy atom. The van der Waals surface area contributed by atoms with Gasteiger partial charge in [-0.15, -0.1) is 0 Å². The van der Waals surface area contributed by atoms with E-state index in [-0.39, 0.29) is 67.4 Å². The van der Waals surface area contributed by atoms with Crippen LogP contribution >= 0.6 is 0 Å². The van der Waals surface area contributed by atoms with Crippen molar-refractivity contribution in [2.75, 3.05) is 0 Å². The number of carbonyl (C=O) groups is 1. The molecule has 0 spiro atoms. The van der Waals surface area contributed by atoms with Crippen LogP contribution in [0.4, 0.5) is 0 Å². The number of rotatable bonds is 10. The first-order valence-electron chi connectivity index (χ1n) is 5.99. The van der Waals surface area contributed by atoms with Gasteiger partial charge in [0, 0.05) is 6.42 Å².